The SMILES string of the molecule is Nc1cc(F)cc(NC(=O)c2ccc(Cl)c(Cl)c2)c1. The Kier molecular flexibility index (Phi) is 3.93. The molecule has 0 heterocycles. The predicted molar refractivity (Wildman–Crippen MR) is 75.2 cm³/mol. The van der Waals surface area contributed by atoms with Crippen molar-refractivity contribution in [3.05, 3.63) is 57.8 Å². The van der Waals surface area contributed by atoms with Gasteiger partial charge < -0.3 is 11.1 Å². The van der Waals surface area contributed by atoms with Gasteiger partial charge >= 0.3 is 0 Å². The molecule has 2 rings (SSSR count). The van der Waals surface area contributed by atoms with Crippen LogP contribution in [0.3, 0.4) is 0 Å². The average Bonchev–Trinajstić information content (AvgIpc) is 2.31. The number of halogens is 3. The number of hydrogen-bond acceptors (Lipinski definition) is 2. The lowest BCUT2D eigenvalue weighted by atomic mass is 10.2. The van der Waals surface area contributed by atoms with Crippen LogP contribution in [0.15, 0.2) is 36.4 Å². The molecule has 0 saturated heterocycles. The Morgan fingerprint density at radius 1 is 1.11 bits per heavy atom. The minimum absolute atomic E-state index is 0.226. The van der Waals surface area contributed by atoms with Gasteiger partial charge in [0.25, 0.3) is 5.91 Å². The molecule has 0 aliphatic rings. The quantitative estimate of drug-likeness (QED) is 0.824. The fourth-order valence-corrected chi connectivity index (χ4v) is 1.82. The Balaban J connectivity index is 2.22. The third kappa shape index (κ3) is 3.36. The zero-order chi connectivity index (χ0) is 14.0. The van der Waals surface area contributed by atoms with Gasteiger partial charge in [0, 0.05) is 16.9 Å². The number of rotatable bonds is 2. The molecule has 98 valence electrons. The van der Waals surface area contributed by atoms with Crippen LogP contribution in [0, 0.1) is 5.82 Å². The molecule has 0 fully saturated rings. The Hall–Kier alpha value is -1.78. The lowest BCUT2D eigenvalue weighted by molar-refractivity contribution is 0.102. The van der Waals surface area contributed by atoms with Gasteiger partial charge in [-0.15, -0.1) is 0 Å². The van der Waals surface area contributed by atoms with Crippen LogP contribution < -0.4 is 11.1 Å². The molecule has 3 nitrogen and oxygen atoms in total. The summed E-state index contributed by atoms with van der Waals surface area (Å²) in [6.45, 7) is 0. The van der Waals surface area contributed by atoms with E-state index in [0.29, 0.717) is 10.6 Å². The number of hydrogen-bond donors (Lipinski definition) is 2. The molecule has 0 bridgehead atoms. The van der Waals surface area contributed by atoms with Crippen LogP contribution in [0.1, 0.15) is 10.4 Å². The first-order valence-electron chi connectivity index (χ1n) is 5.28. The van der Waals surface area contributed by atoms with Crippen LogP contribution in [-0.4, -0.2) is 5.91 Å². The summed E-state index contributed by atoms with van der Waals surface area (Å²) < 4.78 is 13.1. The maximum absolute atomic E-state index is 13.1. The monoisotopic (exact) mass is 298 g/mol. The maximum atomic E-state index is 13.1. The first-order valence-corrected chi connectivity index (χ1v) is 6.04. The van der Waals surface area contributed by atoms with Crippen LogP contribution in [0.2, 0.25) is 10.0 Å². The fourth-order valence-electron chi connectivity index (χ4n) is 1.53. The third-order valence-corrected chi connectivity index (χ3v) is 3.10. The van der Waals surface area contributed by atoms with Crippen molar-refractivity contribution in [2.45, 2.75) is 0 Å². The molecule has 2 aromatic carbocycles. The number of carbonyl (C=O) groups is 1. The number of carbonyl (C=O) groups excluding carboxylic acids is 1. The Labute approximate surface area is 119 Å². The molecule has 0 spiro atoms. The van der Waals surface area contributed by atoms with Crippen molar-refractivity contribution >= 4 is 40.5 Å². The molecule has 2 aromatic rings. The smallest absolute Gasteiger partial charge is 0.255 e. The summed E-state index contributed by atoms with van der Waals surface area (Å²) in [7, 11) is 0. The second-order valence-electron chi connectivity index (χ2n) is 3.86. The molecule has 0 atom stereocenters. The lowest BCUT2D eigenvalue weighted by Crippen LogP contribution is -2.12. The number of nitrogen functional groups attached to an aromatic ring is 1. The maximum Gasteiger partial charge on any atom is 0.255 e. The van der Waals surface area contributed by atoms with Gasteiger partial charge in [0.05, 0.1) is 10.0 Å². The standard InChI is InChI=1S/C13H9Cl2FN2O/c14-11-2-1-7(3-12(11)15)13(19)18-10-5-8(16)4-9(17)6-10/h1-6H,17H2,(H,18,19). The summed E-state index contributed by atoms with van der Waals surface area (Å²) >= 11 is 11.6. The Bertz CT molecular complexity index is 626. The number of nitrogens with two attached hydrogens (primary N) is 1. The lowest BCUT2D eigenvalue weighted by Gasteiger charge is -2.07. The van der Waals surface area contributed by atoms with Gasteiger partial charge in [-0.3, -0.25) is 4.79 Å². The van der Waals surface area contributed by atoms with Crippen molar-refractivity contribution in [1.82, 2.24) is 0 Å². The van der Waals surface area contributed by atoms with Crippen molar-refractivity contribution in [1.29, 1.82) is 0 Å². The minimum atomic E-state index is -0.524. The topological polar surface area (TPSA) is 55.1 Å². The van der Waals surface area contributed by atoms with Crippen LogP contribution in [0.4, 0.5) is 15.8 Å². The van der Waals surface area contributed by atoms with E-state index in [0.717, 1.165) is 6.07 Å². The van der Waals surface area contributed by atoms with Crippen molar-refractivity contribution in [3.63, 3.8) is 0 Å². The van der Waals surface area contributed by atoms with Gasteiger partial charge in [-0.1, -0.05) is 23.2 Å². The normalized spacial score (nSPS) is 10.3. The van der Waals surface area contributed by atoms with Crippen LogP contribution in [0.25, 0.3) is 0 Å². The summed E-state index contributed by atoms with van der Waals surface area (Å²) in [5.74, 6) is -0.951. The van der Waals surface area contributed by atoms with E-state index in [1.54, 1.807) is 0 Å². The highest BCUT2D eigenvalue weighted by atomic mass is 35.5. The zero-order valence-corrected chi connectivity index (χ0v) is 11.1. The van der Waals surface area contributed by atoms with Crippen LogP contribution >= 0.6 is 23.2 Å². The summed E-state index contributed by atoms with van der Waals surface area (Å²) in [4.78, 5) is 11.9. The van der Waals surface area contributed by atoms with Crippen molar-refractivity contribution in [2.75, 3.05) is 11.1 Å². The van der Waals surface area contributed by atoms with Gasteiger partial charge in [-0.25, -0.2) is 4.39 Å². The number of benzene rings is 2. The van der Waals surface area contributed by atoms with Gasteiger partial charge in [-0.2, -0.15) is 0 Å². The summed E-state index contributed by atoms with van der Waals surface area (Å²) in [5, 5.41) is 3.15. The minimum Gasteiger partial charge on any atom is -0.399 e. The van der Waals surface area contributed by atoms with Crippen molar-refractivity contribution in [2.24, 2.45) is 0 Å². The van der Waals surface area contributed by atoms with Gasteiger partial charge in [0.15, 0.2) is 0 Å². The first kappa shape index (κ1) is 13.6. The Morgan fingerprint density at radius 2 is 1.84 bits per heavy atom. The van der Waals surface area contributed by atoms with Gasteiger partial charge in [0.2, 0.25) is 0 Å². The molecule has 0 unspecified atom stereocenters. The van der Waals surface area contributed by atoms with Gasteiger partial charge in [-0.05, 0) is 36.4 Å². The van der Waals surface area contributed by atoms with E-state index < -0.39 is 11.7 Å². The van der Waals surface area contributed by atoms with Crippen molar-refractivity contribution < 1.29 is 9.18 Å². The fraction of sp³-hybridized carbons (Fsp3) is 0. The molecular formula is C13H9Cl2FN2O. The van der Waals surface area contributed by atoms with Crippen molar-refractivity contribution in [3.8, 4) is 0 Å². The molecule has 3 N–H and O–H groups in total. The Morgan fingerprint density at radius 3 is 2.47 bits per heavy atom. The van der Waals surface area contributed by atoms with E-state index in [4.69, 9.17) is 28.9 Å². The number of amides is 1. The first-order chi connectivity index (χ1) is 8.95. The summed E-state index contributed by atoms with van der Waals surface area (Å²) in [6.07, 6.45) is 0. The number of nitrogens with one attached hydrogen (secondary N) is 1. The molecule has 0 radical (unpaired) electrons. The molecule has 0 aliphatic heterocycles. The van der Waals surface area contributed by atoms with E-state index in [9.17, 15) is 9.18 Å². The predicted octanol–water partition coefficient (Wildman–Crippen LogP) is 3.97. The highest BCUT2D eigenvalue weighted by Gasteiger charge is 2.09. The summed E-state index contributed by atoms with van der Waals surface area (Å²) in [6, 6.07) is 8.26. The van der Waals surface area contributed by atoms with E-state index in [1.807, 2.05) is 0 Å². The van der Waals surface area contributed by atoms with Gasteiger partial charge in [0.1, 0.15) is 5.82 Å². The highest BCUT2D eigenvalue weighted by Crippen LogP contribution is 2.23. The van der Waals surface area contributed by atoms with E-state index in [2.05, 4.69) is 5.32 Å². The molecule has 19 heavy (non-hydrogen) atoms. The molecule has 6 heteroatoms. The van der Waals surface area contributed by atoms with Crippen LogP contribution in [0.5, 0.6) is 0 Å². The molecule has 0 saturated carbocycles. The second kappa shape index (κ2) is 5.47. The molecule has 1 amide bonds. The molecule has 0 aromatic heterocycles. The highest BCUT2D eigenvalue weighted by molar-refractivity contribution is 6.42. The molecule has 0 aliphatic carbocycles. The zero-order valence-electron chi connectivity index (χ0n) is 9.58. The van der Waals surface area contributed by atoms with E-state index >= 15 is 0 Å². The second-order valence-corrected chi connectivity index (χ2v) is 4.67. The number of anilines is 2. The molecular weight excluding hydrogens is 290 g/mol. The third-order valence-electron chi connectivity index (χ3n) is 2.36. The van der Waals surface area contributed by atoms with Crippen LogP contribution in [-0.2, 0) is 0 Å². The van der Waals surface area contributed by atoms with E-state index in [-0.39, 0.29) is 16.4 Å². The largest absolute Gasteiger partial charge is 0.399 e. The summed E-state index contributed by atoms with van der Waals surface area (Å²) in [5.41, 5.74) is 6.30. The van der Waals surface area contributed by atoms with E-state index in [1.165, 1.54) is 30.3 Å². The average molecular weight is 299 g/mol.